The van der Waals surface area contributed by atoms with Gasteiger partial charge in [0.05, 0.1) is 17.7 Å². The Kier molecular flexibility index (Phi) is 11.4. The summed E-state index contributed by atoms with van der Waals surface area (Å²) in [6, 6.07) is 4.77. The topological polar surface area (TPSA) is 236 Å². The number of carbonyl (C=O) groups excluding carboxylic acids is 3. The summed E-state index contributed by atoms with van der Waals surface area (Å²) in [5, 5.41) is 31.8. The van der Waals surface area contributed by atoms with Crippen LogP contribution in [0.5, 0.6) is 0 Å². The molecule has 1 amide bonds. The predicted molar refractivity (Wildman–Crippen MR) is 159 cm³/mol. The number of rotatable bonds is 11. The van der Waals surface area contributed by atoms with E-state index in [2.05, 4.69) is 15.0 Å². The predicted octanol–water partition coefficient (Wildman–Crippen LogP) is 1.59. The van der Waals surface area contributed by atoms with Crippen LogP contribution < -0.4 is 11.5 Å². The van der Waals surface area contributed by atoms with Crippen LogP contribution in [-0.2, 0) is 34.2 Å². The van der Waals surface area contributed by atoms with Crippen LogP contribution in [0.2, 0.25) is 0 Å². The highest BCUT2D eigenvalue weighted by Crippen LogP contribution is 2.41. The molecular formula is C30H42N6O8. The smallest absolute Gasteiger partial charge is 0.354 e. The molecule has 1 saturated carbocycles. The van der Waals surface area contributed by atoms with Gasteiger partial charge in [0.25, 0.3) is 5.91 Å². The van der Waals surface area contributed by atoms with E-state index < -0.39 is 54.0 Å². The molecule has 0 unspecified atom stereocenters. The van der Waals surface area contributed by atoms with Crippen molar-refractivity contribution in [1.29, 1.82) is 5.26 Å². The van der Waals surface area contributed by atoms with Gasteiger partial charge in [-0.15, -0.1) is 0 Å². The van der Waals surface area contributed by atoms with Gasteiger partial charge in [0.15, 0.2) is 11.9 Å². The van der Waals surface area contributed by atoms with Gasteiger partial charge in [0, 0.05) is 6.42 Å². The summed E-state index contributed by atoms with van der Waals surface area (Å²) >= 11 is 0. The number of ether oxygens (including phenoxy) is 3. The van der Waals surface area contributed by atoms with Gasteiger partial charge in [-0.05, 0) is 63.7 Å². The van der Waals surface area contributed by atoms with Crippen LogP contribution in [-0.4, -0.2) is 75.7 Å². The van der Waals surface area contributed by atoms with Gasteiger partial charge in [-0.3, -0.25) is 9.59 Å². The fourth-order valence-electron chi connectivity index (χ4n) is 5.21. The number of nitrogens with zero attached hydrogens (tertiary/aromatic N) is 3. The van der Waals surface area contributed by atoms with E-state index in [-0.39, 0.29) is 35.3 Å². The van der Waals surface area contributed by atoms with E-state index in [0.29, 0.717) is 12.0 Å². The summed E-state index contributed by atoms with van der Waals surface area (Å²) in [6.07, 6.45) is 1.92. The zero-order valence-electron chi connectivity index (χ0n) is 25.5. The Hall–Kier alpha value is -4.06. The molecule has 7 N–H and O–H groups in total. The Morgan fingerprint density at radius 1 is 1.30 bits per heavy atom. The van der Waals surface area contributed by atoms with Gasteiger partial charge in [-0.2, -0.15) is 10.3 Å². The summed E-state index contributed by atoms with van der Waals surface area (Å²) in [5.41, 5.74) is 8.08. The van der Waals surface area contributed by atoms with Crippen molar-refractivity contribution in [1.82, 2.24) is 4.98 Å². The molecule has 2 aliphatic rings. The second-order valence-electron chi connectivity index (χ2n) is 11.7. The summed E-state index contributed by atoms with van der Waals surface area (Å²) in [6.45, 7) is 5.72. The van der Waals surface area contributed by atoms with Crippen molar-refractivity contribution in [2.45, 2.75) is 102 Å². The average molecular weight is 615 g/mol. The van der Waals surface area contributed by atoms with Crippen molar-refractivity contribution in [2.24, 2.45) is 27.4 Å². The number of aliphatic imine (C=N–C) groups is 2. The number of esters is 2. The number of nitriles is 1. The fraction of sp³-hybridized carbons (Fsp3) is 0.600. The summed E-state index contributed by atoms with van der Waals surface area (Å²) in [4.78, 5) is 48.5. The zero-order chi connectivity index (χ0) is 32.7. The minimum absolute atomic E-state index is 0.00429. The lowest BCUT2D eigenvalue weighted by Gasteiger charge is -2.24. The van der Waals surface area contributed by atoms with Gasteiger partial charge >= 0.3 is 11.9 Å². The number of amides is 1. The van der Waals surface area contributed by atoms with Crippen molar-refractivity contribution in [2.75, 3.05) is 6.61 Å². The first kappa shape index (κ1) is 34.4. The second-order valence-corrected chi connectivity index (χ2v) is 11.7. The SMILES string of the molecule is CCCC(C)=C(N)C(=O)O[C@H]1[C@@H](O)[C@](C#N)(c2ccc(C(N=CN)=NC(=O)C(C)(C)O)[nH]2)O[C@@H]1COC(=O)CC1CCCC1. The molecule has 4 atom stereocenters. The molecule has 1 aromatic rings. The lowest BCUT2D eigenvalue weighted by atomic mass is 9.92. The van der Waals surface area contributed by atoms with Crippen LogP contribution in [0.4, 0.5) is 0 Å². The molecule has 0 aromatic carbocycles. The van der Waals surface area contributed by atoms with E-state index in [1.165, 1.54) is 26.0 Å². The van der Waals surface area contributed by atoms with E-state index in [1.54, 1.807) is 6.92 Å². The Labute approximate surface area is 256 Å². The Balaban J connectivity index is 1.95. The van der Waals surface area contributed by atoms with Crippen molar-refractivity contribution >= 4 is 30.0 Å². The molecule has 14 nitrogen and oxygen atoms in total. The molecule has 44 heavy (non-hydrogen) atoms. The van der Waals surface area contributed by atoms with Crippen molar-refractivity contribution in [3.8, 4) is 6.07 Å². The first-order chi connectivity index (χ1) is 20.8. The van der Waals surface area contributed by atoms with Crippen LogP contribution >= 0.6 is 0 Å². The van der Waals surface area contributed by atoms with Crippen LogP contribution in [0.3, 0.4) is 0 Å². The maximum atomic E-state index is 13.0. The van der Waals surface area contributed by atoms with Crippen molar-refractivity contribution in [3.63, 3.8) is 0 Å². The number of aliphatic hydroxyl groups excluding tert-OH is 1. The monoisotopic (exact) mass is 614 g/mol. The second kappa shape index (κ2) is 14.6. The molecule has 2 fully saturated rings. The fourth-order valence-corrected chi connectivity index (χ4v) is 5.21. The third-order valence-electron chi connectivity index (χ3n) is 7.74. The van der Waals surface area contributed by atoms with E-state index in [0.717, 1.165) is 38.4 Å². The molecule has 1 aliphatic heterocycles. The van der Waals surface area contributed by atoms with Crippen LogP contribution in [0, 0.1) is 17.2 Å². The van der Waals surface area contributed by atoms with Gasteiger partial charge < -0.3 is 40.9 Å². The zero-order valence-corrected chi connectivity index (χ0v) is 25.5. The average Bonchev–Trinajstić information content (AvgIpc) is 3.72. The highest BCUT2D eigenvalue weighted by Gasteiger charge is 2.59. The minimum Gasteiger partial charge on any atom is -0.463 e. The molecule has 3 rings (SSSR count). The molecule has 0 radical (unpaired) electrons. The molecular weight excluding hydrogens is 572 g/mol. The van der Waals surface area contributed by atoms with Crippen LogP contribution in [0.1, 0.15) is 84.0 Å². The number of aromatic amines is 1. The normalized spacial score (nSPS) is 25.1. The number of nitrogens with two attached hydrogens (primary N) is 2. The summed E-state index contributed by atoms with van der Waals surface area (Å²) < 4.78 is 17.1. The number of aromatic nitrogens is 1. The molecule has 1 saturated heterocycles. The molecule has 0 bridgehead atoms. The first-order valence-corrected chi connectivity index (χ1v) is 14.7. The van der Waals surface area contributed by atoms with Gasteiger partial charge in [-0.25, -0.2) is 9.79 Å². The third kappa shape index (κ3) is 7.90. The van der Waals surface area contributed by atoms with Gasteiger partial charge in [0.1, 0.15) is 36.2 Å². The largest absolute Gasteiger partial charge is 0.463 e. The van der Waals surface area contributed by atoms with E-state index in [4.69, 9.17) is 25.7 Å². The summed E-state index contributed by atoms with van der Waals surface area (Å²) in [5.74, 6) is -2.27. The Morgan fingerprint density at radius 2 is 1.98 bits per heavy atom. The molecule has 14 heteroatoms. The standard InChI is InChI=1S/C30H42N6O8/c1-5-8-17(2)23(33)27(39)43-24-20(14-42-22(37)13-18-9-6-7-10-18)44-30(15-31,25(24)38)21-12-11-19(35-21)26(34-16-32)36-28(40)29(3,4)41/h11-12,16,18,20,24-25,35,38,41H,5-10,13-14,33H2,1-4H3,(H2,32,34,36,40)/t20-,24-,25-,30+/m1/s1. The molecule has 1 aliphatic carbocycles. The molecule has 1 aromatic heterocycles. The lowest BCUT2D eigenvalue weighted by molar-refractivity contribution is -0.157. The number of amidine groups is 1. The molecule has 240 valence electrons. The number of allylic oxidation sites excluding steroid dienone is 1. The van der Waals surface area contributed by atoms with Crippen molar-refractivity contribution < 1.29 is 38.8 Å². The number of hydrogen-bond acceptors (Lipinski definition) is 10. The maximum absolute atomic E-state index is 13.0. The highest BCUT2D eigenvalue weighted by atomic mass is 16.6. The lowest BCUT2D eigenvalue weighted by Crippen LogP contribution is -2.43. The number of H-pyrrole nitrogens is 1. The Morgan fingerprint density at radius 3 is 2.57 bits per heavy atom. The molecule has 2 heterocycles. The minimum atomic E-state index is -2.14. The van der Waals surface area contributed by atoms with Gasteiger partial charge in [-0.1, -0.05) is 26.2 Å². The van der Waals surface area contributed by atoms with E-state index >= 15 is 0 Å². The number of nitrogens with one attached hydrogen (secondary N) is 1. The number of aliphatic hydroxyl groups is 2. The van der Waals surface area contributed by atoms with E-state index in [1.807, 2.05) is 13.0 Å². The third-order valence-corrected chi connectivity index (χ3v) is 7.74. The summed E-state index contributed by atoms with van der Waals surface area (Å²) in [7, 11) is 0. The Bertz CT molecular complexity index is 1350. The van der Waals surface area contributed by atoms with Crippen molar-refractivity contribution in [3.05, 3.63) is 34.8 Å². The highest BCUT2D eigenvalue weighted by molar-refractivity contribution is 6.08. The number of hydrogen-bond donors (Lipinski definition) is 5. The van der Waals surface area contributed by atoms with E-state index in [9.17, 15) is 29.9 Å². The van der Waals surface area contributed by atoms with Crippen LogP contribution in [0.25, 0.3) is 0 Å². The maximum Gasteiger partial charge on any atom is 0.354 e. The van der Waals surface area contributed by atoms with Gasteiger partial charge in [0.2, 0.25) is 5.60 Å². The van der Waals surface area contributed by atoms with Crippen LogP contribution in [0.15, 0.2) is 33.4 Å². The first-order valence-electron chi connectivity index (χ1n) is 14.7. The molecule has 0 spiro atoms. The number of carbonyl (C=O) groups is 3. The quantitative estimate of drug-likeness (QED) is 0.104.